The maximum atomic E-state index is 11.5. The molecule has 1 fully saturated rings. The first kappa shape index (κ1) is 12.5. The minimum absolute atomic E-state index is 0.0742. The second-order valence-electron chi connectivity index (χ2n) is 5.27. The van der Waals surface area contributed by atoms with E-state index in [1.165, 1.54) is 19.3 Å². The Kier molecular flexibility index (Phi) is 4.58. The zero-order valence-electron chi connectivity index (χ0n) is 10.1. The van der Waals surface area contributed by atoms with Crippen LogP contribution >= 0.6 is 0 Å². The molecule has 88 valence electrons. The van der Waals surface area contributed by atoms with Gasteiger partial charge in [0.15, 0.2) is 0 Å². The molecule has 1 aliphatic heterocycles. The van der Waals surface area contributed by atoms with Crippen LogP contribution in [0.4, 0.5) is 0 Å². The first-order chi connectivity index (χ1) is 6.97. The van der Waals surface area contributed by atoms with E-state index >= 15 is 0 Å². The number of hydrogen-bond acceptors (Lipinski definition) is 3. The fraction of sp³-hybridized carbons (Fsp3) is 0.917. The molecule has 15 heavy (non-hydrogen) atoms. The molecule has 0 spiro atoms. The molecule has 0 bridgehead atoms. The van der Waals surface area contributed by atoms with Crippen molar-refractivity contribution in [3.63, 3.8) is 0 Å². The molecule has 1 heterocycles. The lowest BCUT2D eigenvalue weighted by Gasteiger charge is -2.24. The summed E-state index contributed by atoms with van der Waals surface area (Å²) < 4.78 is 5.26. The second kappa shape index (κ2) is 5.50. The number of piperidine rings is 1. The van der Waals surface area contributed by atoms with Gasteiger partial charge >= 0.3 is 5.97 Å². The van der Waals surface area contributed by atoms with E-state index in [0.717, 1.165) is 13.0 Å². The molecule has 1 aliphatic rings. The summed E-state index contributed by atoms with van der Waals surface area (Å²) in [5.41, 5.74) is -0.350. The van der Waals surface area contributed by atoms with Gasteiger partial charge in [0, 0.05) is 12.5 Å². The molecular weight excluding hydrogens is 190 g/mol. The summed E-state index contributed by atoms with van der Waals surface area (Å²) in [5, 5.41) is 3.43. The van der Waals surface area contributed by atoms with Crippen LogP contribution in [-0.4, -0.2) is 24.2 Å². The first-order valence-corrected chi connectivity index (χ1v) is 5.92. The van der Waals surface area contributed by atoms with Crippen molar-refractivity contribution in [2.24, 2.45) is 0 Å². The molecule has 0 aromatic rings. The third kappa shape index (κ3) is 5.78. The number of rotatable bonds is 3. The average molecular weight is 213 g/mol. The van der Waals surface area contributed by atoms with Crippen LogP contribution in [0.15, 0.2) is 0 Å². The van der Waals surface area contributed by atoms with Crippen molar-refractivity contribution in [2.45, 2.75) is 64.5 Å². The van der Waals surface area contributed by atoms with Crippen LogP contribution < -0.4 is 5.32 Å². The largest absolute Gasteiger partial charge is 0.460 e. The third-order valence-electron chi connectivity index (χ3n) is 2.53. The Morgan fingerprint density at radius 3 is 2.67 bits per heavy atom. The van der Waals surface area contributed by atoms with Crippen LogP contribution in [0.5, 0.6) is 0 Å². The molecule has 0 aromatic carbocycles. The molecule has 0 saturated carbocycles. The fourth-order valence-corrected chi connectivity index (χ4v) is 1.86. The van der Waals surface area contributed by atoms with E-state index in [4.69, 9.17) is 4.74 Å². The molecule has 0 amide bonds. The lowest BCUT2D eigenvalue weighted by atomic mass is 10.0. The Morgan fingerprint density at radius 1 is 1.40 bits per heavy atom. The monoisotopic (exact) mass is 213 g/mol. The number of carbonyl (C=O) groups is 1. The lowest BCUT2D eigenvalue weighted by Crippen LogP contribution is -2.34. The minimum Gasteiger partial charge on any atom is -0.460 e. The average Bonchev–Trinajstić information content (AvgIpc) is 2.14. The molecule has 3 heteroatoms. The van der Waals surface area contributed by atoms with Crippen molar-refractivity contribution < 1.29 is 9.53 Å². The molecule has 0 aromatic heterocycles. The summed E-state index contributed by atoms with van der Waals surface area (Å²) in [5.74, 6) is -0.0742. The van der Waals surface area contributed by atoms with Crippen molar-refractivity contribution in [1.29, 1.82) is 0 Å². The van der Waals surface area contributed by atoms with Crippen LogP contribution in [0, 0.1) is 0 Å². The van der Waals surface area contributed by atoms with Crippen LogP contribution in [-0.2, 0) is 9.53 Å². The summed E-state index contributed by atoms with van der Waals surface area (Å²) in [6.45, 7) is 6.82. The molecule has 3 nitrogen and oxygen atoms in total. The van der Waals surface area contributed by atoms with Crippen LogP contribution in [0.2, 0.25) is 0 Å². The van der Waals surface area contributed by atoms with Gasteiger partial charge in [0.1, 0.15) is 5.60 Å². The highest BCUT2D eigenvalue weighted by Gasteiger charge is 2.18. The van der Waals surface area contributed by atoms with Crippen LogP contribution in [0.3, 0.4) is 0 Å². The summed E-state index contributed by atoms with van der Waals surface area (Å²) in [6.07, 6.45) is 5.20. The van der Waals surface area contributed by atoms with Gasteiger partial charge in [-0.05, 0) is 46.6 Å². The Bertz CT molecular complexity index is 202. The fourth-order valence-electron chi connectivity index (χ4n) is 1.86. The van der Waals surface area contributed by atoms with Gasteiger partial charge in [0.2, 0.25) is 0 Å². The standard InChI is InChI=1S/C12H23NO2/c1-12(2,3)15-11(14)8-7-10-6-4-5-9-13-10/h10,13H,4-9H2,1-3H3/t10-/m1/s1. The molecular formula is C12H23NO2. The normalized spacial score (nSPS) is 22.5. The SMILES string of the molecule is CC(C)(C)OC(=O)CC[C@H]1CCCCN1. The van der Waals surface area contributed by atoms with Crippen molar-refractivity contribution in [1.82, 2.24) is 5.32 Å². The van der Waals surface area contributed by atoms with Gasteiger partial charge in [-0.3, -0.25) is 4.79 Å². The highest BCUT2D eigenvalue weighted by Crippen LogP contribution is 2.14. The molecule has 1 N–H and O–H groups in total. The van der Waals surface area contributed by atoms with E-state index in [2.05, 4.69) is 5.32 Å². The summed E-state index contributed by atoms with van der Waals surface area (Å²) in [4.78, 5) is 11.5. The van der Waals surface area contributed by atoms with Gasteiger partial charge in [-0.2, -0.15) is 0 Å². The van der Waals surface area contributed by atoms with Crippen LogP contribution in [0.1, 0.15) is 52.9 Å². The summed E-state index contributed by atoms with van der Waals surface area (Å²) >= 11 is 0. The molecule has 0 aliphatic carbocycles. The van der Waals surface area contributed by atoms with E-state index in [1.807, 2.05) is 20.8 Å². The Morgan fingerprint density at radius 2 is 2.13 bits per heavy atom. The van der Waals surface area contributed by atoms with Gasteiger partial charge in [0.05, 0.1) is 0 Å². The molecule has 1 saturated heterocycles. The second-order valence-corrected chi connectivity index (χ2v) is 5.27. The predicted octanol–water partition coefficient (Wildman–Crippen LogP) is 2.25. The topological polar surface area (TPSA) is 38.3 Å². The number of hydrogen-bond donors (Lipinski definition) is 1. The number of ether oxygens (including phenoxy) is 1. The van der Waals surface area contributed by atoms with E-state index in [9.17, 15) is 4.79 Å². The highest BCUT2D eigenvalue weighted by molar-refractivity contribution is 5.69. The maximum absolute atomic E-state index is 11.5. The van der Waals surface area contributed by atoms with Crippen LogP contribution in [0.25, 0.3) is 0 Å². The van der Waals surface area contributed by atoms with Crippen molar-refractivity contribution in [3.8, 4) is 0 Å². The zero-order valence-corrected chi connectivity index (χ0v) is 10.1. The van der Waals surface area contributed by atoms with Crippen molar-refractivity contribution >= 4 is 5.97 Å². The molecule has 1 atom stereocenters. The summed E-state index contributed by atoms with van der Waals surface area (Å²) in [7, 11) is 0. The van der Waals surface area contributed by atoms with Gasteiger partial charge < -0.3 is 10.1 Å². The molecule has 0 unspecified atom stereocenters. The smallest absolute Gasteiger partial charge is 0.306 e. The molecule has 1 rings (SSSR count). The predicted molar refractivity (Wildman–Crippen MR) is 60.7 cm³/mol. The first-order valence-electron chi connectivity index (χ1n) is 5.92. The van der Waals surface area contributed by atoms with E-state index in [0.29, 0.717) is 12.5 Å². The lowest BCUT2D eigenvalue weighted by molar-refractivity contribution is -0.155. The number of esters is 1. The van der Waals surface area contributed by atoms with Gasteiger partial charge in [-0.15, -0.1) is 0 Å². The van der Waals surface area contributed by atoms with E-state index in [1.54, 1.807) is 0 Å². The van der Waals surface area contributed by atoms with Crippen molar-refractivity contribution in [3.05, 3.63) is 0 Å². The minimum atomic E-state index is -0.350. The van der Waals surface area contributed by atoms with E-state index < -0.39 is 0 Å². The van der Waals surface area contributed by atoms with Crippen molar-refractivity contribution in [2.75, 3.05) is 6.54 Å². The maximum Gasteiger partial charge on any atom is 0.306 e. The highest BCUT2D eigenvalue weighted by atomic mass is 16.6. The Labute approximate surface area is 92.6 Å². The number of nitrogens with one attached hydrogen (secondary N) is 1. The number of carbonyl (C=O) groups excluding carboxylic acids is 1. The quantitative estimate of drug-likeness (QED) is 0.731. The zero-order chi connectivity index (χ0) is 11.3. The summed E-state index contributed by atoms with van der Waals surface area (Å²) in [6, 6.07) is 0.520. The Balaban J connectivity index is 2.15. The van der Waals surface area contributed by atoms with Gasteiger partial charge in [-0.25, -0.2) is 0 Å². The van der Waals surface area contributed by atoms with E-state index in [-0.39, 0.29) is 11.6 Å². The molecule has 0 radical (unpaired) electrons. The van der Waals surface area contributed by atoms with Gasteiger partial charge in [0.25, 0.3) is 0 Å². The Hall–Kier alpha value is -0.570. The van der Waals surface area contributed by atoms with Gasteiger partial charge in [-0.1, -0.05) is 6.42 Å². The third-order valence-corrected chi connectivity index (χ3v) is 2.53.